The first kappa shape index (κ1) is 9.52. The molecule has 0 aliphatic rings. The van der Waals surface area contributed by atoms with Crippen LogP contribution in [-0.2, 0) is 4.74 Å². The van der Waals surface area contributed by atoms with E-state index in [9.17, 15) is 0 Å². The van der Waals surface area contributed by atoms with Crippen molar-refractivity contribution in [2.45, 2.75) is 11.7 Å². The monoisotopic (exact) mass is 186 g/mol. The quantitative estimate of drug-likeness (QED) is 0.731. The maximum atomic E-state index is 9.11. The maximum Gasteiger partial charge on any atom is 0.158 e. The molecule has 66 valence electrons. The average Bonchev–Trinajstić information content (AvgIpc) is 2.07. The highest BCUT2D eigenvalue weighted by Gasteiger charge is 2.17. The van der Waals surface area contributed by atoms with Crippen molar-refractivity contribution in [1.82, 2.24) is 0 Å². The van der Waals surface area contributed by atoms with Gasteiger partial charge < -0.3 is 9.84 Å². The zero-order chi connectivity index (χ0) is 8.97. The van der Waals surface area contributed by atoms with Crippen molar-refractivity contribution >= 4 is 11.6 Å². The number of ether oxygens (including phenoxy) is 1. The van der Waals surface area contributed by atoms with Crippen molar-refractivity contribution in [2.75, 3.05) is 7.11 Å². The molecule has 0 aliphatic carbocycles. The minimum Gasteiger partial charge on any atom is -0.375 e. The van der Waals surface area contributed by atoms with Gasteiger partial charge in [-0.25, -0.2) is 0 Å². The molecule has 0 aliphatic heterocycles. The fourth-order valence-electron chi connectivity index (χ4n) is 1.05. The molecule has 0 radical (unpaired) electrons. The van der Waals surface area contributed by atoms with E-state index in [1.54, 1.807) is 0 Å². The third-order valence-electron chi connectivity index (χ3n) is 1.63. The van der Waals surface area contributed by atoms with Crippen molar-refractivity contribution in [2.24, 2.45) is 0 Å². The average molecular weight is 187 g/mol. The van der Waals surface area contributed by atoms with Crippen molar-refractivity contribution in [3.05, 3.63) is 35.9 Å². The molecule has 1 N–H and O–H groups in total. The molecule has 0 aromatic heterocycles. The van der Waals surface area contributed by atoms with Crippen molar-refractivity contribution in [3.8, 4) is 0 Å². The molecule has 0 heterocycles. The molecular formula is C9H11ClO2. The number of aliphatic hydroxyl groups is 1. The number of benzene rings is 1. The van der Waals surface area contributed by atoms with E-state index < -0.39 is 11.7 Å². The van der Waals surface area contributed by atoms with E-state index in [1.165, 1.54) is 7.11 Å². The molecule has 1 aromatic carbocycles. The molecule has 0 fully saturated rings. The van der Waals surface area contributed by atoms with E-state index in [0.29, 0.717) is 0 Å². The summed E-state index contributed by atoms with van der Waals surface area (Å²) in [6.45, 7) is 0. The van der Waals surface area contributed by atoms with Crippen molar-refractivity contribution in [1.29, 1.82) is 0 Å². The summed E-state index contributed by atoms with van der Waals surface area (Å²) in [7, 11) is 1.52. The standard InChI is InChI=1S/C9H11ClO2/c1-12-8(9(10)11)7-5-3-2-4-6-7/h2-6,8-9,11H,1H3. The summed E-state index contributed by atoms with van der Waals surface area (Å²) < 4.78 is 5.02. The van der Waals surface area contributed by atoms with Crippen molar-refractivity contribution in [3.63, 3.8) is 0 Å². The zero-order valence-corrected chi connectivity index (χ0v) is 7.53. The summed E-state index contributed by atoms with van der Waals surface area (Å²) in [5.74, 6) is 0. The molecule has 2 unspecified atom stereocenters. The van der Waals surface area contributed by atoms with Crippen LogP contribution in [0, 0.1) is 0 Å². The second kappa shape index (κ2) is 4.45. The van der Waals surface area contributed by atoms with Gasteiger partial charge in [0.2, 0.25) is 0 Å². The van der Waals surface area contributed by atoms with Crippen LogP contribution < -0.4 is 0 Å². The SMILES string of the molecule is COC(c1ccccc1)C(O)Cl. The van der Waals surface area contributed by atoms with Gasteiger partial charge in [0.05, 0.1) is 0 Å². The Balaban J connectivity index is 2.80. The van der Waals surface area contributed by atoms with Gasteiger partial charge in [0.1, 0.15) is 6.10 Å². The minimum absolute atomic E-state index is 0.451. The van der Waals surface area contributed by atoms with E-state index in [2.05, 4.69) is 0 Å². The summed E-state index contributed by atoms with van der Waals surface area (Å²) in [5, 5.41) is 9.11. The summed E-state index contributed by atoms with van der Waals surface area (Å²) in [6.07, 6.45) is -0.451. The number of rotatable bonds is 3. The Morgan fingerprint density at radius 1 is 1.33 bits per heavy atom. The Kier molecular flexibility index (Phi) is 3.53. The van der Waals surface area contributed by atoms with Gasteiger partial charge in [-0.2, -0.15) is 0 Å². The van der Waals surface area contributed by atoms with Crippen LogP contribution in [0.3, 0.4) is 0 Å². The molecule has 1 aromatic rings. The topological polar surface area (TPSA) is 29.5 Å². The van der Waals surface area contributed by atoms with Gasteiger partial charge >= 0.3 is 0 Å². The fraction of sp³-hybridized carbons (Fsp3) is 0.333. The second-order valence-corrected chi connectivity index (χ2v) is 2.89. The smallest absolute Gasteiger partial charge is 0.158 e. The second-order valence-electron chi connectivity index (χ2n) is 2.44. The highest BCUT2D eigenvalue weighted by molar-refractivity contribution is 6.19. The van der Waals surface area contributed by atoms with Crippen LogP contribution >= 0.6 is 11.6 Å². The molecule has 1 rings (SSSR count). The summed E-state index contributed by atoms with van der Waals surface area (Å²) >= 11 is 5.51. The Hall–Kier alpha value is -0.570. The molecular weight excluding hydrogens is 176 g/mol. The highest BCUT2D eigenvalue weighted by atomic mass is 35.5. The zero-order valence-electron chi connectivity index (χ0n) is 6.77. The van der Waals surface area contributed by atoms with Crippen LogP contribution in [-0.4, -0.2) is 17.8 Å². The Bertz CT molecular complexity index is 223. The van der Waals surface area contributed by atoms with Gasteiger partial charge in [0, 0.05) is 7.11 Å². The first-order valence-electron chi connectivity index (χ1n) is 3.65. The largest absolute Gasteiger partial charge is 0.375 e. The summed E-state index contributed by atoms with van der Waals surface area (Å²) in [6, 6.07) is 9.37. The number of alkyl halides is 1. The van der Waals surface area contributed by atoms with Crippen LogP contribution in [0.25, 0.3) is 0 Å². The van der Waals surface area contributed by atoms with Gasteiger partial charge in [-0.1, -0.05) is 41.9 Å². The van der Waals surface area contributed by atoms with E-state index >= 15 is 0 Å². The Labute approximate surface area is 76.7 Å². The lowest BCUT2D eigenvalue weighted by atomic mass is 10.1. The van der Waals surface area contributed by atoms with Crippen LogP contribution in [0.1, 0.15) is 11.7 Å². The molecule has 2 atom stereocenters. The predicted molar refractivity (Wildman–Crippen MR) is 48.1 cm³/mol. The van der Waals surface area contributed by atoms with Crippen LogP contribution in [0.4, 0.5) is 0 Å². The Morgan fingerprint density at radius 3 is 2.33 bits per heavy atom. The number of methoxy groups -OCH3 is 1. The number of halogens is 1. The van der Waals surface area contributed by atoms with E-state index in [0.717, 1.165) is 5.56 Å². The third-order valence-corrected chi connectivity index (χ3v) is 1.86. The lowest BCUT2D eigenvalue weighted by Crippen LogP contribution is -2.13. The molecule has 3 heteroatoms. The van der Waals surface area contributed by atoms with Gasteiger partial charge in [0.15, 0.2) is 5.56 Å². The molecule has 2 nitrogen and oxygen atoms in total. The lowest BCUT2D eigenvalue weighted by Gasteiger charge is -2.16. The fourth-order valence-corrected chi connectivity index (χ4v) is 1.30. The molecule has 0 saturated carbocycles. The maximum absolute atomic E-state index is 9.11. The van der Waals surface area contributed by atoms with Crippen LogP contribution in [0.2, 0.25) is 0 Å². The molecule has 12 heavy (non-hydrogen) atoms. The Morgan fingerprint density at radius 2 is 1.92 bits per heavy atom. The number of hydrogen-bond donors (Lipinski definition) is 1. The number of hydrogen-bond acceptors (Lipinski definition) is 2. The first-order chi connectivity index (χ1) is 5.75. The van der Waals surface area contributed by atoms with E-state index in [1.807, 2.05) is 30.3 Å². The van der Waals surface area contributed by atoms with Gasteiger partial charge in [0.25, 0.3) is 0 Å². The van der Waals surface area contributed by atoms with Crippen LogP contribution in [0.15, 0.2) is 30.3 Å². The van der Waals surface area contributed by atoms with Crippen LogP contribution in [0.5, 0.6) is 0 Å². The minimum atomic E-state index is -1.00. The normalized spacial score (nSPS) is 15.6. The van der Waals surface area contributed by atoms with Gasteiger partial charge in [-0.3, -0.25) is 0 Å². The molecule has 0 saturated heterocycles. The van der Waals surface area contributed by atoms with Gasteiger partial charge in [-0.15, -0.1) is 0 Å². The van der Waals surface area contributed by atoms with Gasteiger partial charge in [-0.05, 0) is 5.56 Å². The summed E-state index contributed by atoms with van der Waals surface area (Å²) in [5.41, 5.74) is -0.125. The van der Waals surface area contributed by atoms with Crippen molar-refractivity contribution < 1.29 is 9.84 Å². The number of aliphatic hydroxyl groups excluding tert-OH is 1. The first-order valence-corrected chi connectivity index (χ1v) is 4.09. The predicted octanol–water partition coefficient (Wildman–Crippen LogP) is 1.93. The van der Waals surface area contributed by atoms with E-state index in [-0.39, 0.29) is 0 Å². The highest BCUT2D eigenvalue weighted by Crippen LogP contribution is 2.22. The van der Waals surface area contributed by atoms with E-state index in [4.69, 9.17) is 21.4 Å². The summed E-state index contributed by atoms with van der Waals surface area (Å²) in [4.78, 5) is 0. The molecule has 0 bridgehead atoms. The molecule has 0 amide bonds. The third kappa shape index (κ3) is 2.21. The molecule has 0 spiro atoms. The lowest BCUT2D eigenvalue weighted by molar-refractivity contribution is 0.0272.